The van der Waals surface area contributed by atoms with Gasteiger partial charge in [0.1, 0.15) is 10.9 Å². The summed E-state index contributed by atoms with van der Waals surface area (Å²) in [5, 5.41) is 10.7. The molecule has 0 aliphatic rings. The molecule has 0 fully saturated rings. The maximum Gasteiger partial charge on any atom is 0.266 e. The summed E-state index contributed by atoms with van der Waals surface area (Å²) < 4.78 is 5.35. The van der Waals surface area contributed by atoms with Crippen LogP contribution in [0.3, 0.4) is 0 Å². The summed E-state index contributed by atoms with van der Waals surface area (Å²) in [5.74, 6) is -0.492. The topological polar surface area (TPSA) is 153 Å². The maximum absolute atomic E-state index is 11.3. The number of benzene rings is 1. The van der Waals surface area contributed by atoms with Crippen molar-refractivity contribution in [3.63, 3.8) is 0 Å². The molecule has 0 spiro atoms. The molecule has 0 aromatic heterocycles. The van der Waals surface area contributed by atoms with E-state index in [9.17, 15) is 4.79 Å². The molecule has 0 saturated carbocycles. The summed E-state index contributed by atoms with van der Waals surface area (Å²) in [6.45, 7) is 5.95. The zero-order valence-corrected chi connectivity index (χ0v) is 16.7. The second-order valence-corrected chi connectivity index (χ2v) is 5.61. The number of amidine groups is 1. The lowest BCUT2D eigenvalue weighted by Crippen LogP contribution is -2.24. The zero-order chi connectivity index (χ0) is 21.0. The molecule has 27 heavy (non-hydrogen) atoms. The maximum atomic E-state index is 11.3. The van der Waals surface area contributed by atoms with Gasteiger partial charge < -0.3 is 27.3 Å². The van der Waals surface area contributed by atoms with Gasteiger partial charge in [0, 0.05) is 6.21 Å². The highest BCUT2D eigenvalue weighted by Gasteiger charge is 2.15. The van der Waals surface area contributed by atoms with E-state index < -0.39 is 5.91 Å². The Bertz CT molecular complexity index is 752. The van der Waals surface area contributed by atoms with Crippen LogP contribution in [0.25, 0.3) is 0 Å². The van der Waals surface area contributed by atoms with Gasteiger partial charge in [-0.25, -0.2) is 4.99 Å². The molecule has 1 aromatic rings. The molecule has 1 rings (SSSR count). The number of nitrogens with one attached hydrogen (secondary N) is 2. The van der Waals surface area contributed by atoms with Gasteiger partial charge in [0.25, 0.3) is 5.91 Å². The summed E-state index contributed by atoms with van der Waals surface area (Å²) in [6.07, 6.45) is 4.00. The molecule has 0 aliphatic heterocycles. The van der Waals surface area contributed by atoms with E-state index in [1.807, 2.05) is 0 Å². The van der Waals surface area contributed by atoms with Crippen LogP contribution in [0.5, 0.6) is 5.75 Å². The van der Waals surface area contributed by atoms with Crippen molar-refractivity contribution in [1.29, 1.82) is 5.41 Å². The van der Waals surface area contributed by atoms with E-state index in [1.165, 1.54) is 25.8 Å². The molecule has 0 saturated heterocycles. The van der Waals surface area contributed by atoms with Gasteiger partial charge in [0.2, 0.25) is 0 Å². The standard InChI is InChI=1S/C15H19ClN6O2.C3H8/c1-3-21-14(19)8-5-4-6-9(13(8)24-2)22-10(7-11(16)17)12(18)15(20)23;1-3-2/h3-7,19,22H,17-18H2,1-2H3,(H2,20,23);3H2,1-2H3/b11-7-,12-10+,19-14?,21-3?;. The van der Waals surface area contributed by atoms with E-state index in [-0.39, 0.29) is 22.4 Å². The highest BCUT2D eigenvalue weighted by atomic mass is 35.5. The van der Waals surface area contributed by atoms with Crippen LogP contribution in [0, 0.1) is 5.41 Å². The summed E-state index contributed by atoms with van der Waals surface area (Å²) in [6, 6.07) is 5.02. The first-order valence-corrected chi connectivity index (χ1v) is 8.54. The molecular weight excluding hydrogens is 368 g/mol. The number of carbonyl (C=O) groups excluding carboxylic acids is 1. The van der Waals surface area contributed by atoms with Crippen LogP contribution >= 0.6 is 11.6 Å². The van der Waals surface area contributed by atoms with Crippen molar-refractivity contribution in [1.82, 2.24) is 0 Å². The van der Waals surface area contributed by atoms with Crippen LogP contribution < -0.4 is 27.3 Å². The van der Waals surface area contributed by atoms with Crippen molar-refractivity contribution in [3.05, 3.63) is 46.4 Å². The lowest BCUT2D eigenvalue weighted by atomic mass is 10.1. The number of amides is 1. The minimum atomic E-state index is -0.842. The summed E-state index contributed by atoms with van der Waals surface area (Å²) >= 11 is 5.66. The minimum absolute atomic E-state index is 0.0128. The van der Waals surface area contributed by atoms with Gasteiger partial charge in [-0.1, -0.05) is 37.9 Å². The Morgan fingerprint density at radius 2 is 1.93 bits per heavy atom. The van der Waals surface area contributed by atoms with Crippen molar-refractivity contribution in [2.24, 2.45) is 22.2 Å². The molecule has 0 bridgehead atoms. The molecule has 0 radical (unpaired) electrons. The number of hydrogen-bond acceptors (Lipinski definition) is 6. The van der Waals surface area contributed by atoms with Crippen LogP contribution in [0.4, 0.5) is 5.69 Å². The number of allylic oxidation sites excluding steroid dienone is 1. The second-order valence-electron chi connectivity index (χ2n) is 5.18. The number of aliphatic imine (C=N–C) groups is 1. The Balaban J connectivity index is 0.00000210. The van der Waals surface area contributed by atoms with Crippen molar-refractivity contribution < 1.29 is 9.53 Å². The molecule has 8 N–H and O–H groups in total. The van der Waals surface area contributed by atoms with Gasteiger partial charge in [0.15, 0.2) is 11.6 Å². The molecule has 8 nitrogen and oxygen atoms in total. The van der Waals surface area contributed by atoms with Crippen LogP contribution in [-0.4, -0.2) is 25.1 Å². The Morgan fingerprint density at radius 1 is 1.33 bits per heavy atom. The largest absolute Gasteiger partial charge is 0.494 e. The SMILES string of the molecule is CC=NC(=N)c1cccc(NC(/C=C(\N)Cl)=C(/N)C(N)=O)c1OC.CCC. The van der Waals surface area contributed by atoms with E-state index in [2.05, 4.69) is 24.2 Å². The number of para-hydroxylation sites is 1. The van der Waals surface area contributed by atoms with E-state index >= 15 is 0 Å². The Kier molecular flexibility index (Phi) is 11.0. The first-order valence-electron chi connectivity index (χ1n) is 8.17. The smallest absolute Gasteiger partial charge is 0.266 e. The van der Waals surface area contributed by atoms with Crippen molar-refractivity contribution in [2.75, 3.05) is 12.4 Å². The van der Waals surface area contributed by atoms with Gasteiger partial charge in [0.05, 0.1) is 24.1 Å². The minimum Gasteiger partial charge on any atom is -0.494 e. The number of primary amides is 1. The van der Waals surface area contributed by atoms with Crippen molar-refractivity contribution >= 4 is 35.2 Å². The zero-order valence-electron chi connectivity index (χ0n) is 16.0. The number of halogens is 1. The monoisotopic (exact) mass is 394 g/mol. The fourth-order valence-electron chi connectivity index (χ4n) is 1.84. The third-order valence-corrected chi connectivity index (χ3v) is 2.95. The molecule has 148 valence electrons. The fraction of sp³-hybridized carbons (Fsp3) is 0.278. The number of nitrogens with two attached hydrogens (primary N) is 3. The number of hydrogen-bond donors (Lipinski definition) is 5. The predicted octanol–water partition coefficient (Wildman–Crippen LogP) is 2.63. The Morgan fingerprint density at radius 3 is 2.37 bits per heavy atom. The van der Waals surface area contributed by atoms with Crippen LogP contribution in [-0.2, 0) is 4.79 Å². The summed E-state index contributed by atoms with van der Waals surface area (Å²) in [5.41, 5.74) is 17.0. The number of carbonyl (C=O) groups is 1. The third-order valence-electron chi connectivity index (χ3n) is 2.84. The van der Waals surface area contributed by atoms with Gasteiger partial charge in [-0.2, -0.15) is 0 Å². The molecule has 0 unspecified atom stereocenters. The van der Waals surface area contributed by atoms with Gasteiger partial charge in [-0.05, 0) is 25.1 Å². The van der Waals surface area contributed by atoms with Crippen LogP contribution in [0.2, 0.25) is 0 Å². The average Bonchev–Trinajstić information content (AvgIpc) is 2.60. The molecular formula is C18H27ClN6O2. The summed E-state index contributed by atoms with van der Waals surface area (Å²) in [4.78, 5) is 15.3. The first-order chi connectivity index (χ1) is 12.7. The predicted molar refractivity (Wildman–Crippen MR) is 112 cm³/mol. The number of nitrogens with zero attached hydrogens (tertiary/aromatic N) is 1. The number of methoxy groups -OCH3 is 1. The molecule has 1 aromatic carbocycles. The highest BCUT2D eigenvalue weighted by molar-refractivity contribution is 6.29. The summed E-state index contributed by atoms with van der Waals surface area (Å²) in [7, 11) is 1.44. The lowest BCUT2D eigenvalue weighted by Gasteiger charge is -2.16. The lowest BCUT2D eigenvalue weighted by molar-refractivity contribution is -0.114. The van der Waals surface area contributed by atoms with Crippen molar-refractivity contribution in [3.8, 4) is 5.75 Å². The Labute approximate surface area is 164 Å². The fourth-order valence-corrected chi connectivity index (χ4v) is 1.95. The van der Waals surface area contributed by atoms with E-state index in [0.717, 1.165) is 0 Å². The number of anilines is 1. The molecule has 9 heteroatoms. The Hall–Kier alpha value is -3.00. The number of rotatable bonds is 6. The quantitative estimate of drug-likeness (QED) is 0.165. The van der Waals surface area contributed by atoms with Crippen LogP contribution in [0.1, 0.15) is 32.8 Å². The normalized spacial score (nSPS) is 12.0. The molecule has 0 heterocycles. The van der Waals surface area contributed by atoms with Gasteiger partial charge in [-0.3, -0.25) is 10.2 Å². The van der Waals surface area contributed by atoms with E-state index in [0.29, 0.717) is 17.0 Å². The van der Waals surface area contributed by atoms with Crippen LogP contribution in [0.15, 0.2) is 45.8 Å². The highest BCUT2D eigenvalue weighted by Crippen LogP contribution is 2.31. The van der Waals surface area contributed by atoms with Gasteiger partial charge in [-0.15, -0.1) is 0 Å². The molecule has 0 aliphatic carbocycles. The average molecular weight is 395 g/mol. The van der Waals surface area contributed by atoms with E-state index in [1.54, 1.807) is 25.1 Å². The van der Waals surface area contributed by atoms with Crippen molar-refractivity contribution in [2.45, 2.75) is 27.2 Å². The van der Waals surface area contributed by atoms with Gasteiger partial charge >= 0.3 is 0 Å². The number of ether oxygens (including phenoxy) is 1. The molecule has 0 atom stereocenters. The second kappa shape index (κ2) is 12.4. The third kappa shape index (κ3) is 7.83. The molecule has 1 amide bonds. The first kappa shape index (κ1) is 24.0. The van der Waals surface area contributed by atoms with E-state index in [4.69, 9.17) is 38.9 Å².